The van der Waals surface area contributed by atoms with E-state index >= 15 is 0 Å². The predicted octanol–water partition coefficient (Wildman–Crippen LogP) is 4.66. The lowest BCUT2D eigenvalue weighted by molar-refractivity contribution is 0.0527. The molecule has 0 aliphatic rings. The summed E-state index contributed by atoms with van der Waals surface area (Å²) >= 11 is 0. The van der Waals surface area contributed by atoms with E-state index in [1.54, 1.807) is 31.2 Å². The predicted molar refractivity (Wildman–Crippen MR) is 112 cm³/mol. The Morgan fingerprint density at radius 3 is 2.54 bits per heavy atom. The van der Waals surface area contributed by atoms with Crippen LogP contribution in [-0.4, -0.2) is 29.1 Å². The molecule has 3 aromatic rings. The van der Waals surface area contributed by atoms with Crippen molar-refractivity contribution < 1.29 is 9.53 Å². The number of rotatable bonds is 8. The molecule has 0 unspecified atom stereocenters. The van der Waals surface area contributed by atoms with E-state index in [0.29, 0.717) is 41.9 Å². The van der Waals surface area contributed by atoms with Gasteiger partial charge < -0.3 is 15.4 Å². The molecule has 0 atom stereocenters. The molecule has 2 aromatic carbocycles. The van der Waals surface area contributed by atoms with Gasteiger partial charge in [0, 0.05) is 18.2 Å². The number of esters is 1. The highest BCUT2D eigenvalue weighted by Crippen LogP contribution is 2.25. The maximum atomic E-state index is 12.2. The first-order valence-electron chi connectivity index (χ1n) is 9.03. The van der Waals surface area contributed by atoms with Crippen LogP contribution in [-0.2, 0) is 4.74 Å². The Labute approximate surface area is 164 Å². The smallest absolute Gasteiger partial charge is 0.340 e. The van der Waals surface area contributed by atoms with Crippen molar-refractivity contribution in [3.8, 4) is 11.4 Å². The number of carbonyl (C=O) groups is 1. The molecule has 2 N–H and O–H groups in total. The van der Waals surface area contributed by atoms with Crippen molar-refractivity contribution >= 4 is 23.3 Å². The monoisotopic (exact) mass is 374 g/mol. The van der Waals surface area contributed by atoms with E-state index in [9.17, 15) is 4.79 Å². The van der Waals surface area contributed by atoms with Gasteiger partial charge in [0.15, 0.2) is 5.82 Å². The van der Waals surface area contributed by atoms with Gasteiger partial charge in [-0.15, -0.1) is 6.58 Å². The number of carbonyl (C=O) groups excluding carboxylic acids is 1. The summed E-state index contributed by atoms with van der Waals surface area (Å²) in [6, 6.07) is 18.7. The Morgan fingerprint density at radius 1 is 1.07 bits per heavy atom. The molecular formula is C22H22N4O2. The topological polar surface area (TPSA) is 76.1 Å². The summed E-state index contributed by atoms with van der Waals surface area (Å²) in [4.78, 5) is 21.4. The molecule has 6 heteroatoms. The lowest BCUT2D eigenvalue weighted by Crippen LogP contribution is -2.09. The third kappa shape index (κ3) is 4.73. The zero-order chi connectivity index (χ0) is 19.8. The highest BCUT2D eigenvalue weighted by atomic mass is 16.5. The van der Waals surface area contributed by atoms with Crippen LogP contribution in [0.5, 0.6) is 0 Å². The molecule has 0 saturated heterocycles. The van der Waals surface area contributed by atoms with Crippen LogP contribution in [0.4, 0.5) is 17.3 Å². The standard InChI is InChI=1S/C22H22N4O2/c1-3-14-23-19-15-20(26-21(25-19)16-10-6-5-7-11-16)24-18-13-9-8-12-17(18)22(27)28-4-2/h3,5-13,15H,1,4,14H2,2H3,(H2,23,24,25,26). The van der Waals surface area contributed by atoms with Gasteiger partial charge in [0.2, 0.25) is 0 Å². The number of hydrogen-bond acceptors (Lipinski definition) is 6. The Balaban J connectivity index is 1.98. The summed E-state index contributed by atoms with van der Waals surface area (Å²) in [6.45, 7) is 6.39. The maximum Gasteiger partial charge on any atom is 0.340 e. The number of para-hydroxylation sites is 1. The van der Waals surface area contributed by atoms with Crippen LogP contribution < -0.4 is 10.6 Å². The third-order valence-corrected chi connectivity index (χ3v) is 3.87. The van der Waals surface area contributed by atoms with Crippen molar-refractivity contribution in [3.63, 3.8) is 0 Å². The summed E-state index contributed by atoms with van der Waals surface area (Å²) in [5.74, 6) is 1.42. The Morgan fingerprint density at radius 2 is 1.79 bits per heavy atom. The van der Waals surface area contributed by atoms with E-state index in [0.717, 1.165) is 5.56 Å². The second-order valence-corrected chi connectivity index (χ2v) is 5.89. The van der Waals surface area contributed by atoms with Crippen molar-refractivity contribution in [1.82, 2.24) is 9.97 Å². The molecule has 0 aliphatic heterocycles. The lowest BCUT2D eigenvalue weighted by atomic mass is 10.1. The number of hydrogen-bond donors (Lipinski definition) is 2. The van der Waals surface area contributed by atoms with Gasteiger partial charge in [-0.3, -0.25) is 0 Å². The largest absolute Gasteiger partial charge is 0.462 e. The lowest BCUT2D eigenvalue weighted by Gasteiger charge is -2.13. The Kier molecular flexibility index (Phi) is 6.36. The molecule has 0 bridgehead atoms. The quantitative estimate of drug-likeness (QED) is 0.441. The highest BCUT2D eigenvalue weighted by molar-refractivity contribution is 5.96. The van der Waals surface area contributed by atoms with E-state index in [2.05, 4.69) is 27.2 Å². The molecule has 142 valence electrons. The molecule has 0 radical (unpaired) electrons. The van der Waals surface area contributed by atoms with Crippen LogP contribution in [0.15, 0.2) is 73.3 Å². The Hall–Kier alpha value is -3.67. The van der Waals surface area contributed by atoms with E-state index in [1.165, 1.54) is 0 Å². The minimum atomic E-state index is -0.382. The summed E-state index contributed by atoms with van der Waals surface area (Å²) in [7, 11) is 0. The molecule has 1 heterocycles. The average molecular weight is 374 g/mol. The van der Waals surface area contributed by atoms with Crippen LogP contribution >= 0.6 is 0 Å². The van der Waals surface area contributed by atoms with Gasteiger partial charge in [0.1, 0.15) is 11.6 Å². The summed E-state index contributed by atoms with van der Waals surface area (Å²) < 4.78 is 5.14. The minimum absolute atomic E-state index is 0.314. The van der Waals surface area contributed by atoms with E-state index in [1.807, 2.05) is 42.5 Å². The number of benzene rings is 2. The number of anilines is 3. The van der Waals surface area contributed by atoms with Crippen LogP contribution in [0, 0.1) is 0 Å². The van der Waals surface area contributed by atoms with Crippen molar-refractivity contribution in [2.24, 2.45) is 0 Å². The molecule has 0 fully saturated rings. The fourth-order valence-corrected chi connectivity index (χ4v) is 2.61. The second kappa shape index (κ2) is 9.32. The van der Waals surface area contributed by atoms with Gasteiger partial charge in [-0.2, -0.15) is 0 Å². The number of ether oxygens (including phenoxy) is 1. The second-order valence-electron chi connectivity index (χ2n) is 5.89. The van der Waals surface area contributed by atoms with Crippen LogP contribution in [0.1, 0.15) is 17.3 Å². The molecular weight excluding hydrogens is 352 g/mol. The molecule has 0 aliphatic carbocycles. The minimum Gasteiger partial charge on any atom is -0.462 e. The van der Waals surface area contributed by atoms with Crippen LogP contribution in [0.3, 0.4) is 0 Å². The van der Waals surface area contributed by atoms with Crippen molar-refractivity contribution in [2.75, 3.05) is 23.8 Å². The van der Waals surface area contributed by atoms with Gasteiger partial charge >= 0.3 is 5.97 Å². The zero-order valence-electron chi connectivity index (χ0n) is 15.7. The fourth-order valence-electron chi connectivity index (χ4n) is 2.61. The highest BCUT2D eigenvalue weighted by Gasteiger charge is 2.13. The SMILES string of the molecule is C=CCNc1cc(Nc2ccccc2C(=O)OCC)nc(-c2ccccc2)n1. The average Bonchev–Trinajstić information content (AvgIpc) is 2.73. The molecule has 0 saturated carbocycles. The molecule has 28 heavy (non-hydrogen) atoms. The molecule has 1 aromatic heterocycles. The molecule has 0 amide bonds. The van der Waals surface area contributed by atoms with Crippen LogP contribution in [0.25, 0.3) is 11.4 Å². The number of aromatic nitrogens is 2. The molecule has 0 spiro atoms. The van der Waals surface area contributed by atoms with Crippen LogP contribution in [0.2, 0.25) is 0 Å². The first kappa shape index (κ1) is 19.1. The molecule has 3 rings (SSSR count). The van der Waals surface area contributed by atoms with E-state index < -0.39 is 0 Å². The van der Waals surface area contributed by atoms with Crippen molar-refractivity contribution in [1.29, 1.82) is 0 Å². The van der Waals surface area contributed by atoms with Gasteiger partial charge in [-0.1, -0.05) is 48.5 Å². The van der Waals surface area contributed by atoms with Gasteiger partial charge in [-0.25, -0.2) is 14.8 Å². The molecule has 6 nitrogen and oxygen atoms in total. The fraction of sp³-hybridized carbons (Fsp3) is 0.136. The van der Waals surface area contributed by atoms with E-state index in [-0.39, 0.29) is 5.97 Å². The first-order valence-corrected chi connectivity index (χ1v) is 9.03. The summed E-state index contributed by atoms with van der Waals surface area (Å²) in [5.41, 5.74) is 1.96. The zero-order valence-corrected chi connectivity index (χ0v) is 15.7. The van der Waals surface area contributed by atoms with Crippen molar-refractivity contribution in [2.45, 2.75) is 6.92 Å². The summed E-state index contributed by atoms with van der Waals surface area (Å²) in [6.07, 6.45) is 1.76. The summed E-state index contributed by atoms with van der Waals surface area (Å²) in [5, 5.41) is 6.41. The van der Waals surface area contributed by atoms with Crippen molar-refractivity contribution in [3.05, 3.63) is 78.9 Å². The van der Waals surface area contributed by atoms with Gasteiger partial charge in [-0.05, 0) is 19.1 Å². The van der Waals surface area contributed by atoms with E-state index in [4.69, 9.17) is 4.74 Å². The van der Waals surface area contributed by atoms with Gasteiger partial charge in [0.05, 0.1) is 17.9 Å². The Bertz CT molecular complexity index is 958. The maximum absolute atomic E-state index is 12.2. The number of nitrogens with zero attached hydrogens (tertiary/aromatic N) is 2. The normalized spacial score (nSPS) is 10.2. The first-order chi connectivity index (χ1) is 13.7. The van der Waals surface area contributed by atoms with Gasteiger partial charge in [0.25, 0.3) is 0 Å². The third-order valence-electron chi connectivity index (χ3n) is 3.87. The number of nitrogens with one attached hydrogen (secondary N) is 2.